The topological polar surface area (TPSA) is 44.8 Å². The summed E-state index contributed by atoms with van der Waals surface area (Å²) in [7, 11) is 0. The Bertz CT molecular complexity index is 1000. The number of rotatable bonds is 6. The Morgan fingerprint density at radius 3 is 2.16 bits per heavy atom. The maximum atomic E-state index is 12.8. The van der Waals surface area contributed by atoms with Crippen LogP contribution in [0.2, 0.25) is 5.02 Å². The molecule has 6 heteroatoms. The smallest absolute Gasteiger partial charge is 0.321 e. The van der Waals surface area contributed by atoms with Gasteiger partial charge in [-0.3, -0.25) is 4.90 Å². The van der Waals surface area contributed by atoms with Gasteiger partial charge in [-0.15, -0.1) is 0 Å². The molecule has 3 aromatic carbocycles. The standard InChI is InChI=1S/C26H28ClN3O2/c1-2-32-24-14-12-23(13-15-24)28-26(31)30-18-16-29(17-19-30)25(20-6-4-3-5-7-20)21-8-10-22(27)11-9-21/h3-15,25H,2,16-19H2,1H3,(H,28,31). The van der Waals surface area contributed by atoms with Crippen LogP contribution in [0, 0.1) is 0 Å². The van der Waals surface area contributed by atoms with Gasteiger partial charge in [0.05, 0.1) is 12.6 Å². The predicted molar refractivity (Wildman–Crippen MR) is 130 cm³/mol. The fourth-order valence-corrected chi connectivity index (χ4v) is 4.21. The summed E-state index contributed by atoms with van der Waals surface area (Å²) in [6, 6.07) is 26.1. The second-order valence-electron chi connectivity index (χ2n) is 7.78. The molecule has 3 aromatic rings. The van der Waals surface area contributed by atoms with Crippen molar-refractivity contribution in [2.45, 2.75) is 13.0 Å². The molecule has 1 atom stereocenters. The summed E-state index contributed by atoms with van der Waals surface area (Å²) in [6.07, 6.45) is 0. The molecule has 166 valence electrons. The molecule has 1 heterocycles. The second kappa shape index (κ2) is 10.5. The van der Waals surface area contributed by atoms with Crippen LogP contribution in [-0.4, -0.2) is 48.6 Å². The molecule has 1 fully saturated rings. The molecule has 0 saturated carbocycles. The first-order valence-corrected chi connectivity index (χ1v) is 11.3. The summed E-state index contributed by atoms with van der Waals surface area (Å²) in [6.45, 7) is 5.48. The normalized spacial score (nSPS) is 15.2. The van der Waals surface area contributed by atoms with Gasteiger partial charge in [-0.2, -0.15) is 0 Å². The van der Waals surface area contributed by atoms with E-state index in [1.54, 1.807) is 0 Å². The Labute approximate surface area is 194 Å². The highest BCUT2D eigenvalue weighted by atomic mass is 35.5. The number of hydrogen-bond acceptors (Lipinski definition) is 3. The van der Waals surface area contributed by atoms with Crippen molar-refractivity contribution in [3.8, 4) is 5.75 Å². The summed E-state index contributed by atoms with van der Waals surface area (Å²) in [5.74, 6) is 0.799. The van der Waals surface area contributed by atoms with E-state index in [-0.39, 0.29) is 12.1 Å². The third kappa shape index (κ3) is 5.42. The highest BCUT2D eigenvalue weighted by Crippen LogP contribution is 2.30. The third-order valence-electron chi connectivity index (χ3n) is 5.68. The molecular formula is C26H28ClN3O2. The molecular weight excluding hydrogens is 422 g/mol. The highest BCUT2D eigenvalue weighted by Gasteiger charge is 2.28. The maximum absolute atomic E-state index is 12.8. The van der Waals surface area contributed by atoms with Crippen LogP contribution in [0.15, 0.2) is 78.9 Å². The second-order valence-corrected chi connectivity index (χ2v) is 8.21. The molecule has 0 aliphatic carbocycles. The van der Waals surface area contributed by atoms with Gasteiger partial charge in [0.25, 0.3) is 0 Å². The zero-order valence-corrected chi connectivity index (χ0v) is 19.0. The molecule has 2 amide bonds. The molecule has 1 aliphatic heterocycles. The van der Waals surface area contributed by atoms with E-state index in [4.69, 9.17) is 16.3 Å². The fourth-order valence-electron chi connectivity index (χ4n) is 4.08. The van der Waals surface area contributed by atoms with E-state index in [2.05, 4.69) is 46.6 Å². The van der Waals surface area contributed by atoms with Crippen LogP contribution in [0.3, 0.4) is 0 Å². The Kier molecular flexibility index (Phi) is 7.30. The maximum Gasteiger partial charge on any atom is 0.321 e. The van der Waals surface area contributed by atoms with Crippen LogP contribution in [0.25, 0.3) is 0 Å². The number of carbonyl (C=O) groups excluding carboxylic acids is 1. The minimum atomic E-state index is -0.0726. The molecule has 32 heavy (non-hydrogen) atoms. The summed E-state index contributed by atoms with van der Waals surface area (Å²) < 4.78 is 5.46. The van der Waals surface area contributed by atoms with Crippen molar-refractivity contribution in [2.75, 3.05) is 38.1 Å². The predicted octanol–water partition coefficient (Wildman–Crippen LogP) is 5.68. The van der Waals surface area contributed by atoms with E-state index in [0.29, 0.717) is 19.7 Å². The van der Waals surface area contributed by atoms with E-state index in [1.807, 2.05) is 54.3 Å². The average Bonchev–Trinajstić information content (AvgIpc) is 2.83. The first-order chi connectivity index (χ1) is 15.6. The number of halogens is 1. The summed E-state index contributed by atoms with van der Waals surface area (Å²) in [5, 5.41) is 3.73. The van der Waals surface area contributed by atoms with E-state index in [9.17, 15) is 4.79 Å². The highest BCUT2D eigenvalue weighted by molar-refractivity contribution is 6.30. The van der Waals surface area contributed by atoms with Gasteiger partial charge in [0.1, 0.15) is 5.75 Å². The monoisotopic (exact) mass is 449 g/mol. The molecule has 0 aromatic heterocycles. The fraction of sp³-hybridized carbons (Fsp3) is 0.269. The van der Waals surface area contributed by atoms with Crippen LogP contribution >= 0.6 is 11.6 Å². The van der Waals surface area contributed by atoms with E-state index >= 15 is 0 Å². The zero-order chi connectivity index (χ0) is 22.3. The van der Waals surface area contributed by atoms with Crippen molar-refractivity contribution in [1.82, 2.24) is 9.80 Å². The Balaban J connectivity index is 1.41. The largest absolute Gasteiger partial charge is 0.494 e. The van der Waals surface area contributed by atoms with Crippen LogP contribution in [-0.2, 0) is 0 Å². The molecule has 0 bridgehead atoms. The van der Waals surface area contributed by atoms with Crippen LogP contribution < -0.4 is 10.1 Å². The van der Waals surface area contributed by atoms with Gasteiger partial charge < -0.3 is 15.0 Å². The number of carbonyl (C=O) groups is 1. The molecule has 1 unspecified atom stereocenters. The first-order valence-electron chi connectivity index (χ1n) is 11.0. The zero-order valence-electron chi connectivity index (χ0n) is 18.2. The van der Waals surface area contributed by atoms with Gasteiger partial charge in [-0.1, -0.05) is 54.1 Å². The number of nitrogens with one attached hydrogen (secondary N) is 1. The van der Waals surface area contributed by atoms with Crippen molar-refractivity contribution >= 4 is 23.3 Å². The number of piperazine rings is 1. The lowest BCUT2D eigenvalue weighted by molar-refractivity contribution is 0.126. The first kappa shape index (κ1) is 22.2. The number of benzene rings is 3. The van der Waals surface area contributed by atoms with Crippen molar-refractivity contribution in [1.29, 1.82) is 0 Å². The van der Waals surface area contributed by atoms with Crippen molar-refractivity contribution in [3.63, 3.8) is 0 Å². The van der Waals surface area contributed by atoms with Gasteiger partial charge >= 0.3 is 6.03 Å². The number of nitrogens with zero attached hydrogens (tertiary/aromatic N) is 2. The van der Waals surface area contributed by atoms with Gasteiger partial charge in [-0.05, 0) is 54.4 Å². The van der Waals surface area contributed by atoms with E-state index < -0.39 is 0 Å². The van der Waals surface area contributed by atoms with Gasteiger partial charge in [0.15, 0.2) is 0 Å². The number of ether oxygens (including phenoxy) is 1. The lowest BCUT2D eigenvalue weighted by atomic mass is 9.96. The number of urea groups is 1. The minimum Gasteiger partial charge on any atom is -0.494 e. The van der Waals surface area contributed by atoms with Crippen molar-refractivity contribution in [3.05, 3.63) is 95.0 Å². The van der Waals surface area contributed by atoms with Crippen LogP contribution in [0.4, 0.5) is 10.5 Å². The summed E-state index contributed by atoms with van der Waals surface area (Å²) in [4.78, 5) is 17.1. The van der Waals surface area contributed by atoms with Crippen LogP contribution in [0.5, 0.6) is 5.75 Å². The molecule has 1 aliphatic rings. The molecule has 1 N–H and O–H groups in total. The van der Waals surface area contributed by atoms with Gasteiger partial charge in [0, 0.05) is 36.9 Å². The Morgan fingerprint density at radius 2 is 1.53 bits per heavy atom. The molecule has 0 radical (unpaired) electrons. The minimum absolute atomic E-state index is 0.0726. The third-order valence-corrected chi connectivity index (χ3v) is 5.94. The van der Waals surface area contributed by atoms with Crippen LogP contribution in [0.1, 0.15) is 24.1 Å². The van der Waals surface area contributed by atoms with Crippen molar-refractivity contribution in [2.24, 2.45) is 0 Å². The summed E-state index contributed by atoms with van der Waals surface area (Å²) >= 11 is 6.12. The average molecular weight is 450 g/mol. The molecule has 1 saturated heterocycles. The van der Waals surface area contributed by atoms with Gasteiger partial charge in [0.2, 0.25) is 0 Å². The Hall–Kier alpha value is -3.02. The van der Waals surface area contributed by atoms with Gasteiger partial charge in [-0.25, -0.2) is 4.79 Å². The lowest BCUT2D eigenvalue weighted by Crippen LogP contribution is -2.51. The van der Waals surface area contributed by atoms with E-state index in [1.165, 1.54) is 11.1 Å². The van der Waals surface area contributed by atoms with Crippen molar-refractivity contribution < 1.29 is 9.53 Å². The molecule has 5 nitrogen and oxygen atoms in total. The number of amides is 2. The van der Waals surface area contributed by atoms with E-state index in [0.717, 1.165) is 29.5 Å². The quantitative estimate of drug-likeness (QED) is 0.526. The number of anilines is 1. The Morgan fingerprint density at radius 1 is 0.906 bits per heavy atom. The SMILES string of the molecule is CCOc1ccc(NC(=O)N2CCN(C(c3ccccc3)c3ccc(Cl)cc3)CC2)cc1. The summed E-state index contributed by atoms with van der Waals surface area (Å²) in [5.41, 5.74) is 3.21. The molecule has 4 rings (SSSR count). The molecule has 0 spiro atoms. The lowest BCUT2D eigenvalue weighted by Gasteiger charge is -2.39. The number of hydrogen-bond donors (Lipinski definition) is 1.